The summed E-state index contributed by atoms with van der Waals surface area (Å²) in [6.45, 7) is 4.26. The number of hydrogen-bond acceptors (Lipinski definition) is 6. The molecule has 1 amide bonds. The van der Waals surface area contributed by atoms with Crippen molar-refractivity contribution in [2.75, 3.05) is 33.5 Å². The zero-order valence-corrected chi connectivity index (χ0v) is 17.6. The van der Waals surface area contributed by atoms with Crippen molar-refractivity contribution < 1.29 is 24.6 Å². The molecule has 0 aromatic heterocycles. The van der Waals surface area contributed by atoms with Crippen LogP contribution in [0, 0.1) is 13.8 Å². The highest BCUT2D eigenvalue weighted by atomic mass is 16.6. The zero-order chi connectivity index (χ0) is 21.7. The first-order valence-corrected chi connectivity index (χ1v) is 9.95. The van der Waals surface area contributed by atoms with E-state index in [9.17, 15) is 15.0 Å². The van der Waals surface area contributed by atoms with Gasteiger partial charge >= 0.3 is 0 Å². The Kier molecular flexibility index (Phi) is 7.07. The smallest absolute Gasteiger partial charge is 0.254 e. The summed E-state index contributed by atoms with van der Waals surface area (Å²) in [4.78, 5) is 19.6. The van der Waals surface area contributed by atoms with Crippen LogP contribution in [0.5, 0.6) is 5.75 Å². The monoisotopic (exact) mass is 412 g/mol. The summed E-state index contributed by atoms with van der Waals surface area (Å²) in [5.41, 5.74) is 5.34. The largest absolute Gasteiger partial charge is 0.491 e. The maximum absolute atomic E-state index is 13.2. The number of likely N-dealkylation sites (tertiary alicyclic amines) is 1. The quantitative estimate of drug-likeness (QED) is 0.682. The number of ether oxygens (including phenoxy) is 1. The molecule has 1 fully saturated rings. The Balaban J connectivity index is 1.97. The number of oxime groups is 1. The van der Waals surface area contributed by atoms with Crippen molar-refractivity contribution in [3.05, 3.63) is 53.1 Å². The minimum absolute atomic E-state index is 0.125. The minimum atomic E-state index is -0.341. The molecule has 7 nitrogen and oxygen atoms in total. The molecular formula is C23H28N2O5. The van der Waals surface area contributed by atoms with Gasteiger partial charge in [0.05, 0.1) is 31.5 Å². The van der Waals surface area contributed by atoms with Crippen molar-refractivity contribution in [2.24, 2.45) is 5.16 Å². The lowest BCUT2D eigenvalue weighted by Gasteiger charge is -2.23. The SMILES string of the molecule is CON=C1CC(CO)N(C(=O)c2ccc(-c3cccc(C)c3C)c(OCCO)c2)C1. The van der Waals surface area contributed by atoms with Crippen molar-refractivity contribution in [2.45, 2.75) is 26.3 Å². The van der Waals surface area contributed by atoms with E-state index in [0.29, 0.717) is 30.0 Å². The molecule has 2 aromatic rings. The molecule has 1 heterocycles. The second-order valence-electron chi connectivity index (χ2n) is 7.34. The number of amides is 1. The molecule has 0 spiro atoms. The summed E-state index contributed by atoms with van der Waals surface area (Å²) in [7, 11) is 1.46. The Morgan fingerprint density at radius 2 is 2.00 bits per heavy atom. The van der Waals surface area contributed by atoms with Crippen molar-refractivity contribution >= 4 is 11.6 Å². The molecule has 1 aliphatic heterocycles. The van der Waals surface area contributed by atoms with Crippen LogP contribution in [0.3, 0.4) is 0 Å². The predicted octanol–water partition coefficient (Wildman–Crippen LogP) is 2.55. The summed E-state index contributed by atoms with van der Waals surface area (Å²) >= 11 is 0. The Morgan fingerprint density at radius 1 is 1.20 bits per heavy atom. The van der Waals surface area contributed by atoms with Gasteiger partial charge in [-0.15, -0.1) is 0 Å². The second kappa shape index (κ2) is 9.73. The predicted molar refractivity (Wildman–Crippen MR) is 115 cm³/mol. The average molecular weight is 412 g/mol. The summed E-state index contributed by atoms with van der Waals surface area (Å²) in [5, 5.41) is 22.9. The molecule has 2 N–H and O–H groups in total. The first-order valence-electron chi connectivity index (χ1n) is 9.95. The lowest BCUT2D eigenvalue weighted by atomic mass is 9.95. The Labute approximate surface area is 176 Å². The number of carbonyl (C=O) groups is 1. The molecule has 1 atom stereocenters. The highest BCUT2D eigenvalue weighted by Gasteiger charge is 2.33. The van der Waals surface area contributed by atoms with Gasteiger partial charge in [0.2, 0.25) is 0 Å². The van der Waals surface area contributed by atoms with Crippen molar-refractivity contribution in [1.29, 1.82) is 0 Å². The molecule has 0 bridgehead atoms. The van der Waals surface area contributed by atoms with Crippen LogP contribution in [-0.4, -0.2) is 66.2 Å². The van der Waals surface area contributed by atoms with Crippen LogP contribution < -0.4 is 4.74 Å². The van der Waals surface area contributed by atoms with Gasteiger partial charge in [-0.1, -0.05) is 23.4 Å². The third kappa shape index (κ3) is 4.47. The maximum Gasteiger partial charge on any atom is 0.254 e. The van der Waals surface area contributed by atoms with Crippen LogP contribution in [0.4, 0.5) is 0 Å². The average Bonchev–Trinajstić information content (AvgIpc) is 3.17. The highest BCUT2D eigenvalue weighted by Crippen LogP contribution is 2.35. The van der Waals surface area contributed by atoms with E-state index in [0.717, 1.165) is 22.3 Å². The summed E-state index contributed by atoms with van der Waals surface area (Å²) in [6, 6.07) is 11.1. The number of rotatable bonds is 7. The normalized spacial score (nSPS) is 17.4. The molecule has 1 aliphatic rings. The van der Waals surface area contributed by atoms with Gasteiger partial charge in [-0.25, -0.2) is 0 Å². The topological polar surface area (TPSA) is 91.6 Å². The van der Waals surface area contributed by atoms with E-state index in [1.165, 1.54) is 7.11 Å². The summed E-state index contributed by atoms with van der Waals surface area (Å²) in [5.74, 6) is 0.325. The Hall–Kier alpha value is -2.90. The number of aliphatic hydroxyl groups is 2. The third-order valence-electron chi connectivity index (χ3n) is 5.43. The van der Waals surface area contributed by atoms with Crippen LogP contribution in [0.2, 0.25) is 0 Å². The van der Waals surface area contributed by atoms with Gasteiger partial charge in [0.15, 0.2) is 0 Å². The van der Waals surface area contributed by atoms with Crippen LogP contribution in [-0.2, 0) is 4.84 Å². The Morgan fingerprint density at radius 3 is 2.70 bits per heavy atom. The molecule has 0 aliphatic carbocycles. The van der Waals surface area contributed by atoms with Gasteiger partial charge in [-0.2, -0.15) is 0 Å². The van der Waals surface area contributed by atoms with Gasteiger partial charge in [-0.05, 0) is 48.7 Å². The first kappa shape index (κ1) is 21.8. The maximum atomic E-state index is 13.2. The van der Waals surface area contributed by atoms with E-state index in [-0.39, 0.29) is 31.8 Å². The van der Waals surface area contributed by atoms with E-state index in [4.69, 9.17) is 9.57 Å². The number of benzene rings is 2. The Bertz CT molecular complexity index is 941. The molecule has 1 saturated heterocycles. The molecular weight excluding hydrogens is 384 g/mol. The molecule has 2 aromatic carbocycles. The first-order chi connectivity index (χ1) is 14.5. The van der Waals surface area contributed by atoms with Gasteiger partial charge < -0.3 is 24.7 Å². The fourth-order valence-corrected chi connectivity index (χ4v) is 3.73. The van der Waals surface area contributed by atoms with E-state index < -0.39 is 0 Å². The summed E-state index contributed by atoms with van der Waals surface area (Å²) < 4.78 is 5.79. The second-order valence-corrected chi connectivity index (χ2v) is 7.34. The van der Waals surface area contributed by atoms with Crippen LogP contribution in [0.1, 0.15) is 27.9 Å². The van der Waals surface area contributed by atoms with E-state index in [2.05, 4.69) is 5.16 Å². The van der Waals surface area contributed by atoms with Gasteiger partial charge in [-0.3, -0.25) is 4.79 Å². The van der Waals surface area contributed by atoms with Gasteiger partial charge in [0.1, 0.15) is 19.5 Å². The van der Waals surface area contributed by atoms with Crippen molar-refractivity contribution in [3.63, 3.8) is 0 Å². The van der Waals surface area contributed by atoms with Crippen molar-refractivity contribution in [3.8, 4) is 16.9 Å². The van der Waals surface area contributed by atoms with Crippen molar-refractivity contribution in [1.82, 2.24) is 4.90 Å². The standard InChI is InChI=1S/C23H28N2O5/c1-15-5-4-6-20(16(15)2)21-8-7-17(11-22(21)30-10-9-26)23(28)25-13-18(24-29-3)12-19(25)14-27/h4-8,11,19,26-27H,9-10,12-14H2,1-3H3. The molecule has 0 radical (unpaired) electrons. The zero-order valence-electron chi connectivity index (χ0n) is 17.6. The third-order valence-corrected chi connectivity index (χ3v) is 5.43. The fraction of sp³-hybridized carbons (Fsp3) is 0.391. The van der Waals surface area contributed by atoms with E-state index in [1.54, 1.807) is 17.0 Å². The summed E-state index contributed by atoms with van der Waals surface area (Å²) in [6.07, 6.45) is 0.477. The number of aliphatic hydroxyl groups excluding tert-OH is 2. The lowest BCUT2D eigenvalue weighted by molar-refractivity contribution is 0.0679. The van der Waals surface area contributed by atoms with Crippen LogP contribution in [0.15, 0.2) is 41.6 Å². The fourth-order valence-electron chi connectivity index (χ4n) is 3.73. The molecule has 0 saturated carbocycles. The molecule has 1 unspecified atom stereocenters. The molecule has 3 rings (SSSR count). The van der Waals surface area contributed by atoms with Crippen LogP contribution in [0.25, 0.3) is 11.1 Å². The number of aryl methyl sites for hydroxylation is 1. The number of carbonyl (C=O) groups excluding carboxylic acids is 1. The van der Waals surface area contributed by atoms with Gasteiger partial charge in [0, 0.05) is 17.5 Å². The van der Waals surface area contributed by atoms with Gasteiger partial charge in [0.25, 0.3) is 5.91 Å². The van der Waals surface area contributed by atoms with E-state index in [1.807, 2.05) is 38.1 Å². The minimum Gasteiger partial charge on any atom is -0.491 e. The number of hydrogen-bond donors (Lipinski definition) is 2. The highest BCUT2D eigenvalue weighted by molar-refractivity contribution is 6.01. The number of nitrogens with zero attached hydrogens (tertiary/aromatic N) is 2. The van der Waals surface area contributed by atoms with E-state index >= 15 is 0 Å². The van der Waals surface area contributed by atoms with Crippen LogP contribution >= 0.6 is 0 Å². The lowest BCUT2D eigenvalue weighted by Crippen LogP contribution is -2.37. The molecule has 7 heteroatoms. The molecule has 160 valence electrons. The molecule has 30 heavy (non-hydrogen) atoms.